The summed E-state index contributed by atoms with van der Waals surface area (Å²) in [7, 11) is 0. The standard InChI is InChI=1S/C19H15N3/c1-13-2-4-15-5-6-16(22-18(15)10-13)11-14-3-7-17-19(12-14)21-9-8-20-17/h2-10,12H,11H2,1H3. The van der Waals surface area contributed by atoms with Crippen LogP contribution >= 0.6 is 0 Å². The second kappa shape index (κ2) is 5.19. The minimum Gasteiger partial charge on any atom is -0.253 e. The highest BCUT2D eigenvalue weighted by atomic mass is 14.8. The summed E-state index contributed by atoms with van der Waals surface area (Å²) in [5.41, 5.74) is 6.41. The highest BCUT2D eigenvalue weighted by Crippen LogP contribution is 2.18. The van der Waals surface area contributed by atoms with Crippen molar-refractivity contribution in [1.29, 1.82) is 0 Å². The Kier molecular flexibility index (Phi) is 3.04. The molecule has 4 rings (SSSR count). The first-order valence-corrected chi connectivity index (χ1v) is 7.34. The van der Waals surface area contributed by atoms with Crippen molar-refractivity contribution in [3.63, 3.8) is 0 Å². The number of aromatic nitrogens is 3. The summed E-state index contributed by atoms with van der Waals surface area (Å²) in [6.45, 7) is 2.09. The Labute approximate surface area is 128 Å². The van der Waals surface area contributed by atoms with E-state index in [1.54, 1.807) is 12.4 Å². The largest absolute Gasteiger partial charge is 0.253 e. The second-order valence-corrected chi connectivity index (χ2v) is 5.55. The van der Waals surface area contributed by atoms with E-state index in [-0.39, 0.29) is 0 Å². The summed E-state index contributed by atoms with van der Waals surface area (Å²) in [5.74, 6) is 0. The van der Waals surface area contributed by atoms with Gasteiger partial charge in [0.2, 0.25) is 0 Å². The van der Waals surface area contributed by atoms with Crippen molar-refractivity contribution >= 4 is 21.9 Å². The highest BCUT2D eigenvalue weighted by Gasteiger charge is 2.03. The smallest absolute Gasteiger partial charge is 0.0889 e. The molecule has 2 aromatic heterocycles. The summed E-state index contributed by atoms with van der Waals surface area (Å²) < 4.78 is 0. The van der Waals surface area contributed by atoms with Crippen LogP contribution in [0.1, 0.15) is 16.8 Å². The van der Waals surface area contributed by atoms with Crippen molar-refractivity contribution in [3.05, 3.63) is 77.7 Å². The van der Waals surface area contributed by atoms with Gasteiger partial charge in [-0.05, 0) is 42.3 Å². The number of rotatable bonds is 2. The molecule has 0 spiro atoms. The van der Waals surface area contributed by atoms with Crippen LogP contribution in [0.25, 0.3) is 21.9 Å². The molecule has 0 N–H and O–H groups in total. The maximum Gasteiger partial charge on any atom is 0.0889 e. The SMILES string of the molecule is Cc1ccc2ccc(Cc3ccc4nccnc4c3)nc2c1. The normalized spacial score (nSPS) is 11.1. The molecule has 106 valence electrons. The molecule has 0 aliphatic heterocycles. The molecule has 0 aliphatic rings. The Balaban J connectivity index is 1.72. The predicted octanol–water partition coefficient (Wildman–Crippen LogP) is 4.08. The third-order valence-corrected chi connectivity index (χ3v) is 3.82. The topological polar surface area (TPSA) is 38.7 Å². The van der Waals surface area contributed by atoms with E-state index in [0.717, 1.165) is 28.7 Å². The molecule has 3 heteroatoms. The molecule has 0 saturated carbocycles. The van der Waals surface area contributed by atoms with E-state index in [9.17, 15) is 0 Å². The number of hydrogen-bond acceptors (Lipinski definition) is 3. The van der Waals surface area contributed by atoms with Gasteiger partial charge in [0, 0.05) is 29.9 Å². The summed E-state index contributed by atoms with van der Waals surface area (Å²) in [4.78, 5) is 13.4. The van der Waals surface area contributed by atoms with Crippen LogP contribution < -0.4 is 0 Å². The molecule has 0 fully saturated rings. The third-order valence-electron chi connectivity index (χ3n) is 3.82. The Hall–Kier alpha value is -2.81. The van der Waals surface area contributed by atoms with E-state index >= 15 is 0 Å². The predicted molar refractivity (Wildman–Crippen MR) is 88.8 cm³/mol. The molecule has 0 saturated heterocycles. The van der Waals surface area contributed by atoms with Gasteiger partial charge >= 0.3 is 0 Å². The lowest BCUT2D eigenvalue weighted by molar-refractivity contribution is 1.10. The first-order valence-electron chi connectivity index (χ1n) is 7.34. The van der Waals surface area contributed by atoms with Gasteiger partial charge in [-0.3, -0.25) is 15.0 Å². The zero-order valence-electron chi connectivity index (χ0n) is 12.3. The molecule has 4 aromatic rings. The lowest BCUT2D eigenvalue weighted by Crippen LogP contribution is -1.94. The van der Waals surface area contributed by atoms with Crippen LogP contribution in [-0.2, 0) is 6.42 Å². The van der Waals surface area contributed by atoms with E-state index in [2.05, 4.69) is 59.4 Å². The fourth-order valence-corrected chi connectivity index (χ4v) is 2.70. The number of hydrogen-bond donors (Lipinski definition) is 0. The van der Waals surface area contributed by atoms with Crippen molar-refractivity contribution < 1.29 is 0 Å². The van der Waals surface area contributed by atoms with Gasteiger partial charge in [0.1, 0.15) is 0 Å². The number of pyridine rings is 1. The monoisotopic (exact) mass is 285 g/mol. The zero-order chi connectivity index (χ0) is 14.9. The number of fused-ring (bicyclic) bond motifs is 2. The number of benzene rings is 2. The Morgan fingerprint density at radius 3 is 2.50 bits per heavy atom. The van der Waals surface area contributed by atoms with Gasteiger partial charge in [0.15, 0.2) is 0 Å². The third kappa shape index (κ3) is 2.42. The molecule has 22 heavy (non-hydrogen) atoms. The van der Waals surface area contributed by atoms with Crippen molar-refractivity contribution in [2.45, 2.75) is 13.3 Å². The minimum absolute atomic E-state index is 0.802. The number of nitrogens with zero attached hydrogens (tertiary/aromatic N) is 3. The van der Waals surface area contributed by atoms with Gasteiger partial charge in [-0.1, -0.05) is 24.3 Å². The molecular formula is C19H15N3. The van der Waals surface area contributed by atoms with Crippen LogP contribution in [0.5, 0.6) is 0 Å². The van der Waals surface area contributed by atoms with Crippen LogP contribution in [0.3, 0.4) is 0 Å². The van der Waals surface area contributed by atoms with Crippen molar-refractivity contribution in [2.75, 3.05) is 0 Å². The van der Waals surface area contributed by atoms with E-state index < -0.39 is 0 Å². The first-order chi connectivity index (χ1) is 10.8. The summed E-state index contributed by atoms with van der Waals surface area (Å²) in [5, 5.41) is 1.18. The molecule has 0 unspecified atom stereocenters. The minimum atomic E-state index is 0.802. The number of aryl methyl sites for hydroxylation is 1. The maximum absolute atomic E-state index is 4.78. The van der Waals surface area contributed by atoms with Crippen LogP contribution in [0.2, 0.25) is 0 Å². The summed E-state index contributed by atoms with van der Waals surface area (Å²) in [6, 6.07) is 16.8. The Morgan fingerprint density at radius 1 is 0.773 bits per heavy atom. The van der Waals surface area contributed by atoms with Gasteiger partial charge in [-0.2, -0.15) is 0 Å². The first kappa shape index (κ1) is 12.9. The van der Waals surface area contributed by atoms with Crippen molar-refractivity contribution in [3.8, 4) is 0 Å². The molecule has 0 bridgehead atoms. The van der Waals surface area contributed by atoms with Gasteiger partial charge in [0.05, 0.1) is 16.6 Å². The molecule has 0 aliphatic carbocycles. The Morgan fingerprint density at radius 2 is 1.59 bits per heavy atom. The van der Waals surface area contributed by atoms with Gasteiger partial charge < -0.3 is 0 Å². The van der Waals surface area contributed by atoms with Gasteiger partial charge in [0.25, 0.3) is 0 Å². The van der Waals surface area contributed by atoms with Crippen LogP contribution in [0.4, 0.5) is 0 Å². The van der Waals surface area contributed by atoms with Crippen LogP contribution in [-0.4, -0.2) is 15.0 Å². The van der Waals surface area contributed by atoms with Gasteiger partial charge in [-0.15, -0.1) is 0 Å². The molecule has 2 aromatic carbocycles. The molecule has 0 atom stereocenters. The van der Waals surface area contributed by atoms with Crippen LogP contribution in [0, 0.1) is 6.92 Å². The average Bonchev–Trinajstić information content (AvgIpc) is 2.54. The Bertz CT molecular complexity index is 976. The van der Waals surface area contributed by atoms with Crippen molar-refractivity contribution in [2.24, 2.45) is 0 Å². The van der Waals surface area contributed by atoms with E-state index in [4.69, 9.17) is 4.98 Å². The van der Waals surface area contributed by atoms with E-state index in [1.165, 1.54) is 16.5 Å². The molecule has 0 radical (unpaired) electrons. The fourth-order valence-electron chi connectivity index (χ4n) is 2.70. The van der Waals surface area contributed by atoms with E-state index in [0.29, 0.717) is 0 Å². The second-order valence-electron chi connectivity index (χ2n) is 5.55. The lowest BCUT2D eigenvalue weighted by atomic mass is 10.1. The summed E-state index contributed by atoms with van der Waals surface area (Å²) in [6.07, 6.45) is 4.24. The summed E-state index contributed by atoms with van der Waals surface area (Å²) >= 11 is 0. The maximum atomic E-state index is 4.78. The van der Waals surface area contributed by atoms with Crippen LogP contribution in [0.15, 0.2) is 60.9 Å². The molecule has 0 amide bonds. The van der Waals surface area contributed by atoms with Gasteiger partial charge in [-0.25, -0.2) is 0 Å². The lowest BCUT2D eigenvalue weighted by Gasteiger charge is -2.05. The molecule has 3 nitrogen and oxygen atoms in total. The van der Waals surface area contributed by atoms with E-state index in [1.807, 2.05) is 6.07 Å². The van der Waals surface area contributed by atoms with Crippen molar-refractivity contribution in [1.82, 2.24) is 15.0 Å². The quantitative estimate of drug-likeness (QED) is 0.557. The fraction of sp³-hybridized carbons (Fsp3) is 0.105. The molecular weight excluding hydrogens is 270 g/mol. The average molecular weight is 285 g/mol. The zero-order valence-corrected chi connectivity index (χ0v) is 12.3. The highest BCUT2D eigenvalue weighted by molar-refractivity contribution is 5.79. The molecule has 2 heterocycles.